The molecule has 3 rings (SSSR count). The molecule has 0 spiro atoms. The van der Waals surface area contributed by atoms with E-state index < -0.39 is 11.7 Å². The quantitative estimate of drug-likeness (QED) is 0.624. The summed E-state index contributed by atoms with van der Waals surface area (Å²) in [5.74, 6) is 0.895. The van der Waals surface area contributed by atoms with Crippen LogP contribution in [0.25, 0.3) is 11.0 Å². The number of hydrogen-bond donors (Lipinski definition) is 2. The zero-order valence-electron chi connectivity index (χ0n) is 15.9. The molecule has 0 fully saturated rings. The largest absolute Gasteiger partial charge is 0.444 e. The van der Waals surface area contributed by atoms with Crippen LogP contribution < -0.4 is 15.8 Å². The van der Waals surface area contributed by atoms with Gasteiger partial charge >= 0.3 is 6.09 Å². The van der Waals surface area contributed by atoms with E-state index in [9.17, 15) is 4.79 Å². The van der Waals surface area contributed by atoms with Gasteiger partial charge in [-0.05, 0) is 39.0 Å². The van der Waals surface area contributed by atoms with E-state index in [-0.39, 0.29) is 0 Å². The van der Waals surface area contributed by atoms with Crippen LogP contribution in [0.5, 0.6) is 11.6 Å². The molecule has 0 saturated heterocycles. The highest BCUT2D eigenvalue weighted by atomic mass is 35.5. The highest BCUT2D eigenvalue weighted by molar-refractivity contribution is 6.33. The summed E-state index contributed by atoms with van der Waals surface area (Å²) in [6.45, 7) is 6.32. The Labute approximate surface area is 167 Å². The fraction of sp³-hybridized carbons (Fsp3) is 0.316. The lowest BCUT2D eigenvalue weighted by atomic mass is 10.2. The van der Waals surface area contributed by atoms with Crippen LogP contribution in [0.2, 0.25) is 5.02 Å². The summed E-state index contributed by atoms with van der Waals surface area (Å²) in [4.78, 5) is 20.3. The normalized spacial score (nSPS) is 11.4. The summed E-state index contributed by atoms with van der Waals surface area (Å²) in [6.07, 6.45) is 2.83. The Morgan fingerprint density at radius 1 is 1.29 bits per heavy atom. The zero-order valence-corrected chi connectivity index (χ0v) is 16.7. The van der Waals surface area contributed by atoms with Gasteiger partial charge < -0.3 is 25.1 Å². The van der Waals surface area contributed by atoms with Gasteiger partial charge in [-0.25, -0.2) is 9.78 Å². The number of alkyl carbamates (subject to hydrolysis) is 1. The van der Waals surface area contributed by atoms with Gasteiger partial charge in [-0.1, -0.05) is 11.6 Å². The maximum Gasteiger partial charge on any atom is 0.407 e. The lowest BCUT2D eigenvalue weighted by molar-refractivity contribution is 0.0526. The number of aromatic nitrogens is 3. The Balaban J connectivity index is 1.75. The predicted molar refractivity (Wildman–Crippen MR) is 108 cm³/mol. The molecule has 1 amide bonds. The molecule has 0 bridgehead atoms. The minimum atomic E-state index is -0.542. The monoisotopic (exact) mass is 403 g/mol. The predicted octanol–water partition coefficient (Wildman–Crippen LogP) is 3.98. The third-order valence-corrected chi connectivity index (χ3v) is 4.05. The maximum atomic E-state index is 11.8. The van der Waals surface area contributed by atoms with Crippen LogP contribution in [-0.4, -0.2) is 32.8 Å². The van der Waals surface area contributed by atoms with Crippen molar-refractivity contribution in [3.63, 3.8) is 0 Å². The lowest BCUT2D eigenvalue weighted by Crippen LogP contribution is -2.34. The molecule has 0 radical (unpaired) electrons. The first-order valence-electron chi connectivity index (χ1n) is 8.72. The topological polar surface area (TPSA) is 104 Å². The average molecular weight is 404 g/mol. The number of amides is 1. The molecule has 0 atom stereocenters. The number of carbonyl (C=O) groups excluding carboxylic acids is 1. The Morgan fingerprint density at radius 3 is 2.79 bits per heavy atom. The number of benzene rings is 1. The van der Waals surface area contributed by atoms with E-state index in [0.29, 0.717) is 40.9 Å². The summed E-state index contributed by atoms with van der Waals surface area (Å²) in [6, 6.07) is 6.86. The number of nitrogens with one attached hydrogen (secondary N) is 1. The first kappa shape index (κ1) is 19.8. The second-order valence-corrected chi connectivity index (χ2v) is 7.54. The van der Waals surface area contributed by atoms with E-state index in [1.807, 2.05) is 37.6 Å². The Morgan fingerprint density at radius 2 is 2.07 bits per heavy atom. The number of fused-ring (bicyclic) bond motifs is 1. The molecule has 0 unspecified atom stereocenters. The standard InChI is InChI=1S/C19H22ClN5O3/c1-19(2,3)28-18(26)22-7-9-25-8-6-15-16(25)17(24-11-23-15)27-12-4-5-14(21)13(20)10-12/h4-6,8,10-11H,7,9,21H2,1-3H3,(H,22,26). The molecular weight excluding hydrogens is 382 g/mol. The molecule has 0 aliphatic carbocycles. The number of nitrogens with two attached hydrogens (primary N) is 1. The summed E-state index contributed by atoms with van der Waals surface area (Å²) >= 11 is 6.06. The van der Waals surface area contributed by atoms with Gasteiger partial charge in [0.1, 0.15) is 23.2 Å². The van der Waals surface area contributed by atoms with Gasteiger partial charge in [-0.2, -0.15) is 4.98 Å². The number of nitrogen functional groups attached to an aromatic ring is 1. The van der Waals surface area contributed by atoms with Crippen LogP contribution in [0.4, 0.5) is 10.5 Å². The lowest BCUT2D eigenvalue weighted by Gasteiger charge is -2.19. The molecular formula is C19H22ClN5O3. The highest BCUT2D eigenvalue weighted by Gasteiger charge is 2.16. The van der Waals surface area contributed by atoms with E-state index in [2.05, 4.69) is 15.3 Å². The van der Waals surface area contributed by atoms with Gasteiger partial charge in [0.25, 0.3) is 0 Å². The van der Waals surface area contributed by atoms with Crippen molar-refractivity contribution < 1.29 is 14.3 Å². The second-order valence-electron chi connectivity index (χ2n) is 7.14. The number of hydrogen-bond acceptors (Lipinski definition) is 6. The van der Waals surface area contributed by atoms with E-state index in [4.69, 9.17) is 26.8 Å². The number of rotatable bonds is 5. The first-order valence-corrected chi connectivity index (χ1v) is 9.10. The molecule has 3 N–H and O–H groups in total. The number of nitrogens with zero attached hydrogens (tertiary/aromatic N) is 3. The molecule has 2 aromatic heterocycles. The third-order valence-electron chi connectivity index (χ3n) is 3.72. The van der Waals surface area contributed by atoms with Crippen LogP contribution >= 0.6 is 11.6 Å². The molecule has 8 nitrogen and oxygen atoms in total. The van der Waals surface area contributed by atoms with Crippen molar-refractivity contribution in [3.05, 3.63) is 41.8 Å². The Bertz CT molecular complexity index is 997. The molecule has 28 heavy (non-hydrogen) atoms. The van der Waals surface area contributed by atoms with Crippen LogP contribution in [0, 0.1) is 0 Å². The van der Waals surface area contributed by atoms with Gasteiger partial charge in [-0.3, -0.25) is 0 Å². The zero-order chi connectivity index (χ0) is 20.3. The second kappa shape index (κ2) is 7.93. The Kier molecular flexibility index (Phi) is 5.60. The molecule has 0 saturated carbocycles. The van der Waals surface area contributed by atoms with Crippen LogP contribution in [0.1, 0.15) is 20.8 Å². The molecule has 0 aliphatic heterocycles. The van der Waals surface area contributed by atoms with Gasteiger partial charge in [-0.15, -0.1) is 0 Å². The van der Waals surface area contributed by atoms with Crippen molar-refractivity contribution in [1.82, 2.24) is 19.9 Å². The van der Waals surface area contributed by atoms with Crippen molar-refractivity contribution in [2.24, 2.45) is 0 Å². The maximum absolute atomic E-state index is 11.8. The van der Waals surface area contributed by atoms with Gasteiger partial charge in [0.2, 0.25) is 5.88 Å². The van der Waals surface area contributed by atoms with Gasteiger partial charge in [0.05, 0.1) is 16.2 Å². The van der Waals surface area contributed by atoms with E-state index in [1.54, 1.807) is 18.2 Å². The van der Waals surface area contributed by atoms with Crippen molar-refractivity contribution in [2.45, 2.75) is 32.9 Å². The van der Waals surface area contributed by atoms with Gasteiger partial charge in [0, 0.05) is 25.4 Å². The summed E-state index contributed by atoms with van der Waals surface area (Å²) in [5.41, 5.74) is 7.10. The van der Waals surface area contributed by atoms with Crippen molar-refractivity contribution in [1.29, 1.82) is 0 Å². The fourth-order valence-electron chi connectivity index (χ4n) is 2.54. The number of carbonyl (C=O) groups is 1. The van der Waals surface area contributed by atoms with Crippen molar-refractivity contribution >= 4 is 34.4 Å². The number of anilines is 1. The molecule has 3 aromatic rings. The van der Waals surface area contributed by atoms with Crippen LogP contribution in [0.15, 0.2) is 36.8 Å². The van der Waals surface area contributed by atoms with Crippen molar-refractivity contribution in [2.75, 3.05) is 12.3 Å². The van der Waals surface area contributed by atoms with Crippen LogP contribution in [-0.2, 0) is 11.3 Å². The highest BCUT2D eigenvalue weighted by Crippen LogP contribution is 2.30. The Hall–Kier alpha value is -3.00. The van der Waals surface area contributed by atoms with E-state index >= 15 is 0 Å². The smallest absolute Gasteiger partial charge is 0.407 e. The first-order chi connectivity index (χ1) is 13.2. The van der Waals surface area contributed by atoms with Crippen LogP contribution in [0.3, 0.4) is 0 Å². The molecule has 148 valence electrons. The number of ether oxygens (including phenoxy) is 2. The van der Waals surface area contributed by atoms with Gasteiger partial charge in [0.15, 0.2) is 0 Å². The minimum absolute atomic E-state index is 0.376. The molecule has 1 aromatic carbocycles. The average Bonchev–Trinajstić information content (AvgIpc) is 3.01. The third kappa shape index (κ3) is 4.83. The van der Waals surface area contributed by atoms with E-state index in [0.717, 1.165) is 5.52 Å². The summed E-state index contributed by atoms with van der Waals surface area (Å²) in [7, 11) is 0. The minimum Gasteiger partial charge on any atom is -0.444 e. The summed E-state index contributed by atoms with van der Waals surface area (Å²) in [5, 5.41) is 3.13. The summed E-state index contributed by atoms with van der Waals surface area (Å²) < 4.78 is 13.0. The molecule has 0 aliphatic rings. The molecule has 9 heteroatoms. The fourth-order valence-corrected chi connectivity index (χ4v) is 2.71. The van der Waals surface area contributed by atoms with E-state index in [1.165, 1.54) is 6.33 Å². The SMILES string of the molecule is CC(C)(C)OC(=O)NCCn1ccc2ncnc(Oc3ccc(N)c(Cl)c3)c21. The number of halogens is 1. The molecule has 2 heterocycles. The van der Waals surface area contributed by atoms with Crippen molar-refractivity contribution in [3.8, 4) is 11.6 Å².